The van der Waals surface area contributed by atoms with E-state index in [1.54, 1.807) is 28.3 Å². The van der Waals surface area contributed by atoms with E-state index in [-0.39, 0.29) is 23.8 Å². The van der Waals surface area contributed by atoms with Crippen LogP contribution in [-0.4, -0.2) is 77.8 Å². The summed E-state index contributed by atoms with van der Waals surface area (Å²) in [5.41, 5.74) is 0.859. The van der Waals surface area contributed by atoms with Gasteiger partial charge in [0.15, 0.2) is 16.7 Å². The quantitative estimate of drug-likeness (QED) is 0.513. The van der Waals surface area contributed by atoms with Gasteiger partial charge in [-0.3, -0.25) is 14.5 Å². The normalized spacial score (nSPS) is 19.6. The highest BCUT2D eigenvalue weighted by Gasteiger charge is 2.44. The lowest BCUT2D eigenvalue weighted by Gasteiger charge is -2.39. The van der Waals surface area contributed by atoms with Gasteiger partial charge < -0.3 is 18.9 Å². The predicted octanol–water partition coefficient (Wildman–Crippen LogP) is 2.74. The number of rotatable bonds is 8. The van der Waals surface area contributed by atoms with Crippen molar-refractivity contribution >= 4 is 23.6 Å². The third-order valence-electron chi connectivity index (χ3n) is 6.23. The van der Waals surface area contributed by atoms with Crippen LogP contribution in [-0.2, 0) is 9.53 Å². The molecule has 0 saturated carbocycles. The molecule has 3 heterocycles. The molecule has 0 amide bonds. The number of likely N-dealkylation sites (tertiary alicyclic amines) is 1. The summed E-state index contributed by atoms with van der Waals surface area (Å²) >= 11 is 1.41. The lowest BCUT2D eigenvalue weighted by molar-refractivity contribution is -0.149. The SMILES string of the molecule is CCOC(=O)C1CCN(C(c2cc(OC)c(OC)c(OC)c2)C2Sc3nc(C)nn3C2=O)CC1. The fourth-order valence-electron chi connectivity index (χ4n) is 4.62. The average Bonchev–Trinajstić information content (AvgIpc) is 3.35. The lowest BCUT2D eigenvalue weighted by atomic mass is 9.92. The number of thioether (sulfide) groups is 1. The zero-order valence-corrected chi connectivity index (χ0v) is 20.9. The molecule has 4 rings (SSSR count). The molecule has 0 radical (unpaired) electrons. The third kappa shape index (κ3) is 4.46. The van der Waals surface area contributed by atoms with Crippen molar-refractivity contribution in [2.45, 2.75) is 43.1 Å². The first kappa shape index (κ1) is 24.3. The standard InChI is InChI=1S/C23H30N4O6S/c1-6-33-22(29)14-7-9-26(10-8-14)18(20-21(28)27-23(34-20)24-13(2)25-27)15-11-16(30-3)19(32-5)17(12-15)31-4/h11-12,14,18,20H,6-10H2,1-5H3. The van der Waals surface area contributed by atoms with Crippen LogP contribution in [0.1, 0.15) is 42.0 Å². The molecule has 184 valence electrons. The van der Waals surface area contributed by atoms with Gasteiger partial charge in [0.1, 0.15) is 11.1 Å². The van der Waals surface area contributed by atoms with E-state index in [9.17, 15) is 9.59 Å². The molecule has 1 aromatic heterocycles. The Morgan fingerprint density at radius 1 is 1.15 bits per heavy atom. The molecule has 0 N–H and O–H groups in total. The van der Waals surface area contributed by atoms with Crippen molar-refractivity contribution in [2.75, 3.05) is 41.0 Å². The Morgan fingerprint density at radius 2 is 1.79 bits per heavy atom. The van der Waals surface area contributed by atoms with E-state index >= 15 is 0 Å². The number of methoxy groups -OCH3 is 3. The van der Waals surface area contributed by atoms with Crippen LogP contribution in [0, 0.1) is 12.8 Å². The summed E-state index contributed by atoms with van der Waals surface area (Å²) in [6.07, 6.45) is 1.32. The number of aromatic nitrogens is 3. The Bertz CT molecular complexity index is 1040. The third-order valence-corrected chi connectivity index (χ3v) is 7.41. The smallest absolute Gasteiger partial charge is 0.309 e. The summed E-state index contributed by atoms with van der Waals surface area (Å²) < 4.78 is 23.3. The van der Waals surface area contributed by atoms with Crippen LogP contribution in [0.3, 0.4) is 0 Å². The van der Waals surface area contributed by atoms with E-state index in [2.05, 4.69) is 15.0 Å². The number of piperidine rings is 1. The molecular weight excluding hydrogens is 460 g/mol. The lowest BCUT2D eigenvalue weighted by Crippen LogP contribution is -2.44. The molecule has 2 atom stereocenters. The largest absolute Gasteiger partial charge is 0.493 e. The first-order chi connectivity index (χ1) is 16.4. The van der Waals surface area contributed by atoms with Crippen LogP contribution in [0.4, 0.5) is 0 Å². The average molecular weight is 491 g/mol. The number of hydrogen-bond acceptors (Lipinski definition) is 10. The molecule has 1 aromatic carbocycles. The second-order valence-electron chi connectivity index (χ2n) is 8.20. The molecule has 2 aliphatic rings. The molecule has 2 aromatic rings. The van der Waals surface area contributed by atoms with E-state index in [4.69, 9.17) is 18.9 Å². The highest BCUT2D eigenvalue weighted by Crippen LogP contribution is 2.46. The molecule has 10 nitrogen and oxygen atoms in total. The Balaban J connectivity index is 1.69. The summed E-state index contributed by atoms with van der Waals surface area (Å²) in [6, 6.07) is 3.46. The van der Waals surface area contributed by atoms with Crippen LogP contribution in [0.15, 0.2) is 17.3 Å². The van der Waals surface area contributed by atoms with Gasteiger partial charge in [0.25, 0.3) is 5.91 Å². The van der Waals surface area contributed by atoms with Crippen LogP contribution < -0.4 is 14.2 Å². The van der Waals surface area contributed by atoms with E-state index in [1.807, 2.05) is 19.1 Å². The Morgan fingerprint density at radius 3 is 2.32 bits per heavy atom. The first-order valence-corrected chi connectivity index (χ1v) is 12.1. The minimum atomic E-state index is -0.461. The van der Waals surface area contributed by atoms with E-state index < -0.39 is 5.25 Å². The monoisotopic (exact) mass is 490 g/mol. The Labute approximate surface area is 202 Å². The van der Waals surface area contributed by atoms with E-state index in [0.717, 1.165) is 5.56 Å². The van der Waals surface area contributed by atoms with Crippen molar-refractivity contribution in [2.24, 2.45) is 5.92 Å². The highest BCUT2D eigenvalue weighted by atomic mass is 32.2. The second kappa shape index (κ2) is 10.2. The molecule has 1 fully saturated rings. The maximum Gasteiger partial charge on any atom is 0.309 e. The number of nitrogens with zero attached hydrogens (tertiary/aromatic N) is 4. The highest BCUT2D eigenvalue weighted by molar-refractivity contribution is 8.00. The molecular formula is C23H30N4O6S. The first-order valence-electron chi connectivity index (χ1n) is 11.3. The van der Waals surface area contributed by atoms with Gasteiger partial charge in [-0.15, -0.1) is 5.10 Å². The van der Waals surface area contributed by atoms with Crippen molar-refractivity contribution in [3.63, 3.8) is 0 Å². The number of carbonyl (C=O) groups excluding carboxylic acids is 2. The summed E-state index contributed by atoms with van der Waals surface area (Å²) in [7, 11) is 4.69. The number of hydrogen-bond donors (Lipinski definition) is 0. The Kier molecular flexibility index (Phi) is 7.32. The predicted molar refractivity (Wildman–Crippen MR) is 125 cm³/mol. The van der Waals surface area contributed by atoms with Gasteiger partial charge in [0.2, 0.25) is 5.75 Å². The topological polar surface area (TPSA) is 105 Å². The van der Waals surface area contributed by atoms with Crippen molar-refractivity contribution in [1.82, 2.24) is 19.7 Å². The van der Waals surface area contributed by atoms with Crippen molar-refractivity contribution in [1.29, 1.82) is 0 Å². The molecule has 0 spiro atoms. The maximum atomic E-state index is 13.4. The van der Waals surface area contributed by atoms with Gasteiger partial charge in [-0.2, -0.15) is 4.68 Å². The molecule has 0 aliphatic carbocycles. The number of aryl methyl sites for hydroxylation is 1. The minimum Gasteiger partial charge on any atom is -0.493 e. The van der Waals surface area contributed by atoms with Gasteiger partial charge in [-0.25, -0.2) is 4.98 Å². The van der Waals surface area contributed by atoms with Crippen LogP contribution in [0.25, 0.3) is 0 Å². The van der Waals surface area contributed by atoms with E-state index in [1.165, 1.54) is 16.4 Å². The van der Waals surface area contributed by atoms with Gasteiger partial charge in [-0.05, 0) is 57.5 Å². The number of ether oxygens (including phenoxy) is 4. The number of esters is 1. The molecule has 2 aliphatic heterocycles. The fourth-order valence-corrected chi connectivity index (χ4v) is 5.92. The fraction of sp³-hybridized carbons (Fsp3) is 0.565. The molecule has 11 heteroatoms. The van der Waals surface area contributed by atoms with Gasteiger partial charge in [0.05, 0.1) is 39.9 Å². The Hall–Kier alpha value is -2.79. The van der Waals surface area contributed by atoms with Crippen LogP contribution in [0.2, 0.25) is 0 Å². The summed E-state index contributed by atoms with van der Waals surface area (Å²) in [5.74, 6) is 1.68. The molecule has 2 unspecified atom stereocenters. The van der Waals surface area contributed by atoms with Crippen molar-refractivity contribution in [3.8, 4) is 17.2 Å². The number of benzene rings is 1. The minimum absolute atomic E-state index is 0.119. The van der Waals surface area contributed by atoms with Crippen molar-refractivity contribution < 1.29 is 28.5 Å². The zero-order chi connectivity index (χ0) is 24.4. The van der Waals surface area contributed by atoms with Crippen LogP contribution >= 0.6 is 11.8 Å². The molecule has 1 saturated heterocycles. The molecule has 0 bridgehead atoms. The van der Waals surface area contributed by atoms with Gasteiger partial charge in [0, 0.05) is 0 Å². The van der Waals surface area contributed by atoms with Gasteiger partial charge in [-0.1, -0.05) is 11.8 Å². The summed E-state index contributed by atoms with van der Waals surface area (Å²) in [6.45, 7) is 5.24. The van der Waals surface area contributed by atoms with Crippen LogP contribution in [0.5, 0.6) is 17.2 Å². The summed E-state index contributed by atoms with van der Waals surface area (Å²) in [4.78, 5) is 32.3. The number of carbonyl (C=O) groups is 2. The maximum absolute atomic E-state index is 13.4. The number of fused-ring (bicyclic) bond motifs is 1. The summed E-state index contributed by atoms with van der Waals surface area (Å²) in [5, 5.41) is 4.41. The zero-order valence-electron chi connectivity index (χ0n) is 20.1. The second-order valence-corrected chi connectivity index (χ2v) is 9.30. The van der Waals surface area contributed by atoms with Gasteiger partial charge >= 0.3 is 5.97 Å². The van der Waals surface area contributed by atoms with Crippen molar-refractivity contribution in [3.05, 3.63) is 23.5 Å². The molecule has 34 heavy (non-hydrogen) atoms. The van der Waals surface area contributed by atoms with E-state index in [0.29, 0.717) is 60.8 Å².